The van der Waals surface area contributed by atoms with Gasteiger partial charge in [0.05, 0.1) is 20.0 Å². The average molecular weight is 670 g/mol. The van der Waals surface area contributed by atoms with Crippen LogP contribution in [0.2, 0.25) is 0 Å². The van der Waals surface area contributed by atoms with Gasteiger partial charge in [-0.15, -0.1) is 11.3 Å². The largest absolute Gasteiger partial charge is 0.480 e. The number of rotatable bonds is 10. The van der Waals surface area contributed by atoms with Crippen molar-refractivity contribution < 1.29 is 50.2 Å². The van der Waals surface area contributed by atoms with Gasteiger partial charge in [0.1, 0.15) is 5.75 Å². The van der Waals surface area contributed by atoms with E-state index >= 15 is 0 Å². The average Bonchev–Trinajstić information content (AvgIpc) is 3.45. The van der Waals surface area contributed by atoms with Crippen molar-refractivity contribution in [2.75, 3.05) is 44.5 Å². The minimum Gasteiger partial charge on any atom is -0.480 e. The number of nitrogens with two attached hydrogens (primary N) is 1. The molecule has 0 bridgehead atoms. The van der Waals surface area contributed by atoms with Gasteiger partial charge in [-0.2, -0.15) is 13.2 Å². The van der Waals surface area contributed by atoms with E-state index in [-0.39, 0.29) is 48.0 Å². The third-order valence-electron chi connectivity index (χ3n) is 7.09. The molecule has 2 N–H and O–H groups in total. The number of thiophene rings is 1. The molecule has 1 fully saturated rings. The number of hydrogen-bond acceptors (Lipinski definition) is 10. The van der Waals surface area contributed by atoms with Crippen LogP contribution in [0.25, 0.3) is 10.4 Å². The Morgan fingerprint density at radius 3 is 2.33 bits per heavy atom. The minimum absolute atomic E-state index is 0.00622. The monoisotopic (exact) mass is 669 g/mol. The highest BCUT2D eigenvalue weighted by atomic mass is 32.2. The van der Waals surface area contributed by atoms with Gasteiger partial charge in [0, 0.05) is 35.4 Å². The Kier molecular flexibility index (Phi) is 10.4. The van der Waals surface area contributed by atoms with Crippen LogP contribution in [0, 0.1) is 0 Å². The fourth-order valence-electron chi connectivity index (χ4n) is 4.83. The molecule has 0 aliphatic carbocycles. The smallest absolute Gasteiger partial charge is 0.471 e. The van der Waals surface area contributed by atoms with Crippen molar-refractivity contribution in [3.8, 4) is 16.2 Å². The highest BCUT2D eigenvalue weighted by Gasteiger charge is 2.46. The van der Waals surface area contributed by atoms with E-state index in [0.29, 0.717) is 26.6 Å². The summed E-state index contributed by atoms with van der Waals surface area (Å²) in [5, 5.41) is 0. The summed E-state index contributed by atoms with van der Waals surface area (Å²) < 4.78 is 83.7. The van der Waals surface area contributed by atoms with E-state index in [1.807, 2.05) is 0 Å². The van der Waals surface area contributed by atoms with Crippen LogP contribution in [0.15, 0.2) is 54.6 Å². The number of benzene rings is 2. The number of carbonyl (C=O) groups is 3. The van der Waals surface area contributed by atoms with E-state index < -0.39 is 46.7 Å². The van der Waals surface area contributed by atoms with E-state index in [9.17, 15) is 36.0 Å². The molecule has 0 spiro atoms. The molecule has 0 atom stereocenters. The van der Waals surface area contributed by atoms with Gasteiger partial charge in [-0.05, 0) is 48.2 Å². The number of nitrogens with zero attached hydrogens (tertiary/aromatic N) is 2. The maximum absolute atomic E-state index is 13.9. The van der Waals surface area contributed by atoms with Gasteiger partial charge in [-0.1, -0.05) is 30.3 Å². The molecular weight excluding hydrogens is 639 g/mol. The number of sulfonamides is 1. The van der Waals surface area contributed by atoms with Crippen molar-refractivity contribution >= 4 is 50.6 Å². The predicted molar refractivity (Wildman–Crippen MR) is 160 cm³/mol. The first-order valence-electron chi connectivity index (χ1n) is 13.5. The zero-order chi connectivity index (χ0) is 32.9. The summed E-state index contributed by atoms with van der Waals surface area (Å²) in [6, 6.07) is 12.7. The van der Waals surface area contributed by atoms with Gasteiger partial charge in [0.25, 0.3) is 0 Å². The summed E-state index contributed by atoms with van der Waals surface area (Å²) in [4.78, 5) is 37.7. The Morgan fingerprint density at radius 1 is 1.02 bits per heavy atom. The fourth-order valence-corrected chi connectivity index (χ4v) is 7.45. The van der Waals surface area contributed by atoms with Gasteiger partial charge < -0.3 is 24.8 Å². The summed E-state index contributed by atoms with van der Waals surface area (Å²) in [6.07, 6.45) is -5.31. The predicted octanol–water partition coefficient (Wildman–Crippen LogP) is 4.23. The maximum atomic E-state index is 13.9. The maximum Gasteiger partial charge on any atom is 0.471 e. The summed E-state index contributed by atoms with van der Waals surface area (Å²) in [7, 11) is -1.52. The number of methoxy groups -OCH3 is 2. The normalized spacial score (nSPS) is 14.5. The molecule has 2 heterocycles. The van der Waals surface area contributed by atoms with Gasteiger partial charge in [0.15, 0.2) is 11.5 Å². The van der Waals surface area contributed by atoms with Crippen LogP contribution in [0.1, 0.15) is 28.1 Å². The van der Waals surface area contributed by atoms with Gasteiger partial charge in [-0.25, -0.2) is 22.3 Å². The molecule has 1 saturated heterocycles. The zero-order valence-corrected chi connectivity index (χ0v) is 25.8. The standard InChI is InChI=1S/C29H30F3N3O8S2/c1-41-25(36)16-43-23-15-24(44-26(23)27(37)42-2)18-7-5-8-21(14-18)35(28(38)29(30,31)32)20-10-12-34(13-11-20)45(39,40)17-19-6-3-4-9-22(19)33/h3-9,14-15,20H,10-13,16-17,33H2,1-2H3. The highest BCUT2D eigenvalue weighted by molar-refractivity contribution is 7.88. The molecule has 16 heteroatoms. The number of alkyl halides is 3. The molecule has 1 aliphatic heterocycles. The number of para-hydroxylation sites is 1. The summed E-state index contributed by atoms with van der Waals surface area (Å²) >= 11 is 0.920. The number of piperidine rings is 1. The first-order chi connectivity index (χ1) is 21.2. The summed E-state index contributed by atoms with van der Waals surface area (Å²) in [6.45, 7) is -0.706. The number of halogens is 3. The molecule has 45 heavy (non-hydrogen) atoms. The quantitative estimate of drug-likeness (QED) is 0.248. The fraction of sp³-hybridized carbons (Fsp3) is 0.345. The van der Waals surface area contributed by atoms with Crippen molar-refractivity contribution in [2.24, 2.45) is 0 Å². The number of carbonyl (C=O) groups excluding carboxylic acids is 3. The molecule has 1 aliphatic rings. The van der Waals surface area contributed by atoms with Crippen molar-refractivity contribution in [3.05, 3.63) is 65.0 Å². The van der Waals surface area contributed by atoms with Gasteiger partial charge in [0.2, 0.25) is 10.0 Å². The number of nitrogen functional groups attached to an aromatic ring is 1. The first-order valence-corrected chi connectivity index (χ1v) is 15.9. The van der Waals surface area contributed by atoms with E-state index in [1.165, 1.54) is 28.6 Å². The summed E-state index contributed by atoms with van der Waals surface area (Å²) in [5.41, 5.74) is 6.90. The molecule has 11 nitrogen and oxygen atoms in total. The van der Waals surface area contributed by atoms with Crippen LogP contribution < -0.4 is 15.4 Å². The molecule has 1 aromatic heterocycles. The third-order valence-corrected chi connectivity index (χ3v) is 10.1. The first kappa shape index (κ1) is 33.7. The number of esters is 2. The molecule has 4 rings (SSSR count). The number of amides is 1. The molecule has 2 aromatic carbocycles. The van der Waals surface area contributed by atoms with Gasteiger partial charge >= 0.3 is 24.0 Å². The third kappa shape index (κ3) is 7.93. The van der Waals surface area contributed by atoms with E-state index in [4.69, 9.17) is 15.2 Å². The molecule has 0 radical (unpaired) electrons. The molecule has 1 amide bonds. The minimum atomic E-state index is -5.21. The topological polar surface area (TPSA) is 146 Å². The lowest BCUT2D eigenvalue weighted by Gasteiger charge is -2.38. The lowest BCUT2D eigenvalue weighted by Crippen LogP contribution is -2.52. The van der Waals surface area contributed by atoms with Crippen LogP contribution in [0.5, 0.6) is 5.75 Å². The Morgan fingerprint density at radius 2 is 1.71 bits per heavy atom. The van der Waals surface area contributed by atoms with Crippen LogP contribution in [-0.4, -0.2) is 76.7 Å². The Balaban J connectivity index is 1.61. The second-order valence-corrected chi connectivity index (χ2v) is 13.0. The van der Waals surface area contributed by atoms with E-state index in [2.05, 4.69) is 4.74 Å². The molecule has 0 unspecified atom stereocenters. The zero-order valence-electron chi connectivity index (χ0n) is 24.2. The SMILES string of the molecule is COC(=O)COc1cc(-c2cccc(N(C(=O)C(F)(F)F)C3CCN(S(=O)(=O)Cc4ccccc4N)CC3)c2)sc1C(=O)OC. The number of ether oxygens (including phenoxy) is 3. The van der Waals surface area contributed by atoms with Gasteiger partial charge in [-0.3, -0.25) is 4.79 Å². The van der Waals surface area contributed by atoms with Crippen LogP contribution in [0.3, 0.4) is 0 Å². The van der Waals surface area contributed by atoms with Crippen LogP contribution in [-0.2, 0) is 34.8 Å². The second kappa shape index (κ2) is 13.9. The molecule has 242 valence electrons. The van der Waals surface area contributed by atoms with E-state index in [1.54, 1.807) is 30.3 Å². The van der Waals surface area contributed by atoms with Crippen LogP contribution in [0.4, 0.5) is 24.5 Å². The van der Waals surface area contributed by atoms with Crippen LogP contribution >= 0.6 is 11.3 Å². The summed E-state index contributed by atoms with van der Waals surface area (Å²) in [5.74, 6) is -3.91. The van der Waals surface area contributed by atoms with Crippen molar-refractivity contribution in [2.45, 2.75) is 30.8 Å². The molecule has 0 saturated carbocycles. The van der Waals surface area contributed by atoms with Crippen molar-refractivity contribution in [1.29, 1.82) is 0 Å². The molecular formula is C29H30F3N3O8S2. The number of anilines is 2. The lowest BCUT2D eigenvalue weighted by atomic mass is 10.0. The Labute approximate surface area is 261 Å². The molecule has 3 aromatic rings. The Bertz CT molecular complexity index is 1670. The van der Waals surface area contributed by atoms with Crippen molar-refractivity contribution in [1.82, 2.24) is 4.31 Å². The van der Waals surface area contributed by atoms with E-state index in [0.717, 1.165) is 25.6 Å². The highest BCUT2D eigenvalue weighted by Crippen LogP contribution is 2.39. The van der Waals surface area contributed by atoms with Crippen molar-refractivity contribution in [3.63, 3.8) is 0 Å². The Hall–Kier alpha value is -4.15. The lowest BCUT2D eigenvalue weighted by molar-refractivity contribution is -0.171. The second-order valence-electron chi connectivity index (χ2n) is 9.97. The number of hydrogen-bond donors (Lipinski definition) is 1.